The van der Waals surface area contributed by atoms with Gasteiger partial charge in [-0.3, -0.25) is 4.79 Å². The SMILES string of the molecule is CC(C)(C)OC(=O)NC1CC2=CCC=CC2C(C(N)=O)C1. The van der Waals surface area contributed by atoms with E-state index in [-0.39, 0.29) is 23.8 Å². The third-order valence-electron chi connectivity index (χ3n) is 3.83. The summed E-state index contributed by atoms with van der Waals surface area (Å²) < 4.78 is 5.27. The van der Waals surface area contributed by atoms with Crippen LogP contribution < -0.4 is 11.1 Å². The van der Waals surface area contributed by atoms with Crippen molar-refractivity contribution < 1.29 is 14.3 Å². The van der Waals surface area contributed by atoms with Gasteiger partial charge >= 0.3 is 6.09 Å². The summed E-state index contributed by atoms with van der Waals surface area (Å²) in [5.41, 5.74) is 6.18. The van der Waals surface area contributed by atoms with Gasteiger partial charge in [-0.05, 0) is 40.0 Å². The number of rotatable bonds is 2. The lowest BCUT2D eigenvalue weighted by Gasteiger charge is -2.37. The molecule has 2 aliphatic rings. The van der Waals surface area contributed by atoms with Crippen LogP contribution in [-0.4, -0.2) is 23.6 Å². The highest BCUT2D eigenvalue weighted by atomic mass is 16.6. The van der Waals surface area contributed by atoms with E-state index < -0.39 is 11.7 Å². The zero-order chi connectivity index (χ0) is 15.6. The summed E-state index contributed by atoms with van der Waals surface area (Å²) >= 11 is 0. The standard InChI is InChI=1S/C16H24N2O3/c1-16(2,3)21-15(20)18-11-8-10-6-4-5-7-12(10)13(9-11)14(17)19/h5-7,11-13H,4,8-9H2,1-3H3,(H2,17,19)(H,18,20). The minimum atomic E-state index is -0.531. The zero-order valence-corrected chi connectivity index (χ0v) is 12.9. The molecule has 5 nitrogen and oxygen atoms in total. The highest BCUT2D eigenvalue weighted by Gasteiger charge is 2.37. The molecule has 0 saturated heterocycles. The van der Waals surface area contributed by atoms with E-state index >= 15 is 0 Å². The van der Waals surface area contributed by atoms with Crippen molar-refractivity contribution in [3.8, 4) is 0 Å². The zero-order valence-electron chi connectivity index (χ0n) is 12.9. The second-order valence-electron chi connectivity index (χ2n) is 6.76. The van der Waals surface area contributed by atoms with Gasteiger partial charge in [-0.25, -0.2) is 4.79 Å². The number of primary amides is 1. The second-order valence-corrected chi connectivity index (χ2v) is 6.76. The molecular formula is C16H24N2O3. The molecule has 0 aromatic heterocycles. The minimum Gasteiger partial charge on any atom is -0.444 e. The van der Waals surface area contributed by atoms with Crippen LogP contribution in [0.1, 0.15) is 40.0 Å². The van der Waals surface area contributed by atoms with E-state index in [4.69, 9.17) is 10.5 Å². The van der Waals surface area contributed by atoms with Crippen molar-refractivity contribution in [2.75, 3.05) is 0 Å². The number of hydrogen-bond donors (Lipinski definition) is 2. The van der Waals surface area contributed by atoms with Crippen LogP contribution in [0.3, 0.4) is 0 Å². The number of fused-ring (bicyclic) bond motifs is 1. The molecule has 0 spiro atoms. The first kappa shape index (κ1) is 15.6. The maximum absolute atomic E-state index is 11.9. The largest absolute Gasteiger partial charge is 0.444 e. The molecule has 3 unspecified atom stereocenters. The second kappa shape index (κ2) is 5.92. The van der Waals surface area contributed by atoms with Crippen LogP contribution in [0.2, 0.25) is 0 Å². The summed E-state index contributed by atoms with van der Waals surface area (Å²) in [5, 5.41) is 2.86. The van der Waals surface area contributed by atoms with Gasteiger partial charge in [-0.1, -0.05) is 23.8 Å². The number of nitrogens with one attached hydrogen (secondary N) is 1. The Labute approximate surface area is 125 Å². The lowest BCUT2D eigenvalue weighted by Crippen LogP contribution is -2.46. The smallest absolute Gasteiger partial charge is 0.407 e. The molecule has 116 valence electrons. The summed E-state index contributed by atoms with van der Waals surface area (Å²) in [7, 11) is 0. The summed E-state index contributed by atoms with van der Waals surface area (Å²) in [6.45, 7) is 5.47. The van der Waals surface area contributed by atoms with E-state index in [2.05, 4.69) is 23.5 Å². The van der Waals surface area contributed by atoms with Gasteiger partial charge in [0, 0.05) is 17.9 Å². The first-order valence-corrected chi connectivity index (χ1v) is 7.40. The molecule has 2 amide bonds. The van der Waals surface area contributed by atoms with Gasteiger partial charge in [0.25, 0.3) is 0 Å². The minimum absolute atomic E-state index is 0.0907. The summed E-state index contributed by atoms with van der Waals surface area (Å²) in [5.74, 6) is -0.484. The Morgan fingerprint density at radius 2 is 2.10 bits per heavy atom. The predicted octanol–water partition coefficient (Wildman–Crippen LogP) is 2.28. The van der Waals surface area contributed by atoms with E-state index in [0.29, 0.717) is 6.42 Å². The molecule has 0 aliphatic heterocycles. The Kier molecular flexibility index (Phi) is 4.40. The highest BCUT2D eigenvalue weighted by Crippen LogP contribution is 2.37. The van der Waals surface area contributed by atoms with Crippen LogP contribution in [0.15, 0.2) is 23.8 Å². The van der Waals surface area contributed by atoms with E-state index in [0.717, 1.165) is 12.8 Å². The molecule has 2 aliphatic carbocycles. The van der Waals surface area contributed by atoms with Crippen molar-refractivity contribution >= 4 is 12.0 Å². The van der Waals surface area contributed by atoms with Gasteiger partial charge in [0.1, 0.15) is 5.60 Å². The maximum atomic E-state index is 11.9. The molecule has 0 aromatic carbocycles. The number of hydrogen-bond acceptors (Lipinski definition) is 3. The van der Waals surface area contributed by atoms with Gasteiger partial charge < -0.3 is 15.8 Å². The molecule has 5 heteroatoms. The molecule has 1 fully saturated rings. The van der Waals surface area contributed by atoms with Crippen molar-refractivity contribution in [2.24, 2.45) is 17.6 Å². The fraction of sp³-hybridized carbons (Fsp3) is 0.625. The Balaban J connectivity index is 2.04. The van der Waals surface area contributed by atoms with Gasteiger partial charge in [0.2, 0.25) is 5.91 Å². The quantitative estimate of drug-likeness (QED) is 0.766. The number of amides is 2. The maximum Gasteiger partial charge on any atom is 0.407 e. The topological polar surface area (TPSA) is 81.4 Å². The fourth-order valence-corrected chi connectivity index (χ4v) is 3.01. The lowest BCUT2D eigenvalue weighted by atomic mass is 9.71. The van der Waals surface area contributed by atoms with Crippen molar-refractivity contribution in [2.45, 2.75) is 51.7 Å². The molecule has 0 heterocycles. The molecule has 1 saturated carbocycles. The molecule has 0 radical (unpaired) electrons. The number of allylic oxidation sites excluding steroid dienone is 3. The van der Waals surface area contributed by atoms with Gasteiger partial charge in [0.05, 0.1) is 0 Å². The monoisotopic (exact) mass is 292 g/mol. The van der Waals surface area contributed by atoms with Crippen LogP contribution in [0.5, 0.6) is 0 Å². The van der Waals surface area contributed by atoms with Gasteiger partial charge in [-0.15, -0.1) is 0 Å². The molecular weight excluding hydrogens is 268 g/mol. The van der Waals surface area contributed by atoms with Crippen LogP contribution in [0.4, 0.5) is 4.79 Å². The van der Waals surface area contributed by atoms with Crippen molar-refractivity contribution in [1.82, 2.24) is 5.32 Å². The Morgan fingerprint density at radius 1 is 1.38 bits per heavy atom. The molecule has 3 N–H and O–H groups in total. The number of carbonyl (C=O) groups excluding carboxylic acids is 2. The van der Waals surface area contributed by atoms with Crippen molar-refractivity contribution in [1.29, 1.82) is 0 Å². The normalized spacial score (nSPS) is 28.3. The molecule has 21 heavy (non-hydrogen) atoms. The first-order valence-electron chi connectivity index (χ1n) is 7.40. The van der Waals surface area contributed by atoms with Gasteiger partial charge in [0.15, 0.2) is 0 Å². The van der Waals surface area contributed by atoms with Crippen LogP contribution in [0, 0.1) is 11.8 Å². The van der Waals surface area contributed by atoms with Gasteiger partial charge in [-0.2, -0.15) is 0 Å². The predicted molar refractivity (Wildman–Crippen MR) is 80.4 cm³/mol. The van der Waals surface area contributed by atoms with Crippen molar-refractivity contribution in [3.63, 3.8) is 0 Å². The van der Waals surface area contributed by atoms with Crippen LogP contribution in [-0.2, 0) is 9.53 Å². The first-order chi connectivity index (χ1) is 9.76. The lowest BCUT2D eigenvalue weighted by molar-refractivity contribution is -0.123. The third-order valence-corrected chi connectivity index (χ3v) is 3.83. The number of alkyl carbamates (subject to hydrolysis) is 1. The molecule has 0 bridgehead atoms. The van der Waals surface area contributed by atoms with E-state index in [1.54, 1.807) is 0 Å². The van der Waals surface area contributed by atoms with E-state index in [9.17, 15) is 9.59 Å². The number of ether oxygens (including phenoxy) is 1. The summed E-state index contributed by atoms with van der Waals surface area (Å²) in [4.78, 5) is 23.6. The Bertz CT molecular complexity index is 488. The molecule has 3 atom stereocenters. The third kappa shape index (κ3) is 4.09. The summed E-state index contributed by atoms with van der Waals surface area (Å²) in [6, 6.07) is -0.105. The number of carbonyl (C=O) groups is 2. The van der Waals surface area contributed by atoms with Crippen LogP contribution >= 0.6 is 0 Å². The number of nitrogens with two attached hydrogens (primary N) is 1. The van der Waals surface area contributed by atoms with E-state index in [1.165, 1.54) is 5.57 Å². The van der Waals surface area contributed by atoms with Crippen molar-refractivity contribution in [3.05, 3.63) is 23.8 Å². The Hall–Kier alpha value is -1.78. The average Bonchev–Trinajstić information content (AvgIpc) is 2.35. The Morgan fingerprint density at radius 3 is 2.71 bits per heavy atom. The molecule has 0 aromatic rings. The fourth-order valence-electron chi connectivity index (χ4n) is 3.01. The highest BCUT2D eigenvalue weighted by molar-refractivity contribution is 5.78. The van der Waals surface area contributed by atoms with E-state index in [1.807, 2.05) is 20.8 Å². The average molecular weight is 292 g/mol. The van der Waals surface area contributed by atoms with Crippen LogP contribution in [0.25, 0.3) is 0 Å². The molecule has 2 rings (SSSR count). The summed E-state index contributed by atoms with van der Waals surface area (Å²) in [6.07, 6.45) is 7.99.